The fraction of sp³-hybridized carbons (Fsp3) is 0.222. The zero-order valence-electron chi connectivity index (χ0n) is 11.9. The highest BCUT2D eigenvalue weighted by Gasteiger charge is 2.12. The molecule has 2 nitrogen and oxygen atoms in total. The quantitative estimate of drug-likeness (QED) is 0.538. The van der Waals surface area contributed by atoms with Crippen molar-refractivity contribution in [1.29, 1.82) is 0 Å². The summed E-state index contributed by atoms with van der Waals surface area (Å²) in [4.78, 5) is 0. The van der Waals surface area contributed by atoms with Gasteiger partial charge in [0.05, 0.1) is 0 Å². The van der Waals surface area contributed by atoms with Gasteiger partial charge < -0.3 is 9.05 Å². The van der Waals surface area contributed by atoms with E-state index in [2.05, 4.69) is 24.3 Å². The third kappa shape index (κ3) is 4.09. The summed E-state index contributed by atoms with van der Waals surface area (Å²) in [6.45, 7) is 0. The van der Waals surface area contributed by atoms with Gasteiger partial charge in [-0.3, -0.25) is 0 Å². The minimum atomic E-state index is -0.0210. The monoisotopic (exact) mass is 298 g/mol. The first-order valence-corrected chi connectivity index (χ1v) is 8.12. The minimum absolute atomic E-state index is 0.0210. The Morgan fingerprint density at radius 2 is 1.52 bits per heavy atom. The van der Waals surface area contributed by atoms with E-state index in [1.54, 1.807) is 0 Å². The van der Waals surface area contributed by atoms with Crippen molar-refractivity contribution >= 4 is 9.03 Å². The number of para-hydroxylation sites is 1. The van der Waals surface area contributed by atoms with Crippen molar-refractivity contribution in [2.45, 2.75) is 25.2 Å². The van der Waals surface area contributed by atoms with E-state index in [1.165, 1.54) is 18.4 Å². The average molecular weight is 298 g/mol. The molecule has 0 fully saturated rings. The molecule has 0 saturated heterocycles. The molecule has 0 heterocycles. The molecule has 1 aliphatic carbocycles. The van der Waals surface area contributed by atoms with Crippen LogP contribution in [0, 0.1) is 0 Å². The maximum Gasteiger partial charge on any atom is 0.275 e. The molecule has 0 N–H and O–H groups in total. The summed E-state index contributed by atoms with van der Waals surface area (Å²) >= 11 is 0. The van der Waals surface area contributed by atoms with Gasteiger partial charge in [0.2, 0.25) is 0 Å². The second kappa shape index (κ2) is 7.28. The highest BCUT2D eigenvalue weighted by Crippen LogP contribution is 2.31. The van der Waals surface area contributed by atoms with Crippen LogP contribution in [0.3, 0.4) is 0 Å². The molecule has 21 heavy (non-hydrogen) atoms. The first kappa shape index (κ1) is 14.2. The first-order chi connectivity index (χ1) is 10.4. The Kier molecular flexibility index (Phi) is 4.91. The van der Waals surface area contributed by atoms with Crippen molar-refractivity contribution in [3.8, 4) is 11.5 Å². The predicted octanol–water partition coefficient (Wildman–Crippen LogP) is 5.48. The van der Waals surface area contributed by atoms with Crippen molar-refractivity contribution in [2.75, 3.05) is 0 Å². The zero-order chi connectivity index (χ0) is 14.3. The largest absolute Gasteiger partial charge is 0.441 e. The molecule has 2 unspecified atom stereocenters. The Hall–Kier alpha value is -1.79. The summed E-state index contributed by atoms with van der Waals surface area (Å²) in [5.41, 5.74) is 1.40. The van der Waals surface area contributed by atoms with Crippen LogP contribution in [-0.4, -0.2) is 0 Å². The molecule has 0 aliphatic heterocycles. The van der Waals surface area contributed by atoms with Gasteiger partial charge in [-0.1, -0.05) is 42.5 Å². The Bertz CT molecular complexity index is 578. The van der Waals surface area contributed by atoms with Crippen LogP contribution in [-0.2, 0) is 0 Å². The fourth-order valence-electron chi connectivity index (χ4n) is 2.51. The summed E-state index contributed by atoms with van der Waals surface area (Å²) < 4.78 is 11.2. The fourth-order valence-corrected chi connectivity index (χ4v) is 3.02. The molecule has 0 amide bonds. The van der Waals surface area contributed by atoms with Gasteiger partial charge in [0, 0.05) is 0 Å². The highest BCUT2D eigenvalue weighted by molar-refractivity contribution is 7.27. The van der Waals surface area contributed by atoms with Crippen LogP contribution >= 0.6 is 9.03 Å². The molecule has 2 aromatic carbocycles. The summed E-state index contributed by atoms with van der Waals surface area (Å²) in [5.74, 6) is 2.35. The predicted molar refractivity (Wildman–Crippen MR) is 88.2 cm³/mol. The van der Waals surface area contributed by atoms with E-state index < -0.39 is 0 Å². The van der Waals surface area contributed by atoms with Gasteiger partial charge in [-0.2, -0.15) is 0 Å². The maximum atomic E-state index is 5.64. The number of benzene rings is 2. The van der Waals surface area contributed by atoms with Crippen molar-refractivity contribution < 1.29 is 9.05 Å². The van der Waals surface area contributed by atoms with E-state index >= 15 is 0 Å². The van der Waals surface area contributed by atoms with Crippen LogP contribution in [0.4, 0.5) is 0 Å². The van der Waals surface area contributed by atoms with Gasteiger partial charge in [-0.15, -0.1) is 0 Å². The second-order valence-corrected chi connectivity index (χ2v) is 5.73. The number of hydrogen-bond donors (Lipinski definition) is 0. The van der Waals surface area contributed by atoms with Gasteiger partial charge >= 0.3 is 0 Å². The van der Waals surface area contributed by atoms with Crippen LogP contribution in [0.1, 0.15) is 30.7 Å². The van der Waals surface area contributed by atoms with Crippen LogP contribution in [0.2, 0.25) is 0 Å². The lowest BCUT2D eigenvalue weighted by atomic mass is 9.88. The van der Waals surface area contributed by atoms with Gasteiger partial charge in [0.1, 0.15) is 11.5 Å². The zero-order valence-corrected chi connectivity index (χ0v) is 12.9. The molecule has 2 aromatic rings. The van der Waals surface area contributed by atoms with Gasteiger partial charge in [0.15, 0.2) is 0 Å². The van der Waals surface area contributed by atoms with Crippen molar-refractivity contribution in [3.05, 3.63) is 72.3 Å². The van der Waals surface area contributed by atoms with Crippen LogP contribution < -0.4 is 9.05 Å². The van der Waals surface area contributed by atoms with Crippen LogP contribution in [0.5, 0.6) is 11.5 Å². The third-order valence-electron chi connectivity index (χ3n) is 3.68. The average Bonchev–Trinajstić information content (AvgIpc) is 2.57. The van der Waals surface area contributed by atoms with E-state index in [0.717, 1.165) is 17.9 Å². The van der Waals surface area contributed by atoms with E-state index in [9.17, 15) is 0 Å². The maximum absolute atomic E-state index is 5.64. The Morgan fingerprint density at radius 1 is 0.810 bits per heavy atom. The lowest BCUT2D eigenvalue weighted by Gasteiger charge is -2.18. The van der Waals surface area contributed by atoms with Gasteiger partial charge in [-0.05, 0) is 55.0 Å². The molecule has 0 spiro atoms. The van der Waals surface area contributed by atoms with Crippen LogP contribution in [0.25, 0.3) is 0 Å². The van der Waals surface area contributed by atoms with E-state index in [1.807, 2.05) is 42.5 Å². The molecule has 3 heteroatoms. The first-order valence-electron chi connectivity index (χ1n) is 7.30. The summed E-state index contributed by atoms with van der Waals surface area (Å²) in [6, 6.07) is 18.1. The number of allylic oxidation sites excluding steroid dienone is 2. The molecule has 3 rings (SSSR count). The second-order valence-electron chi connectivity index (χ2n) is 5.15. The van der Waals surface area contributed by atoms with E-state index in [4.69, 9.17) is 9.05 Å². The Morgan fingerprint density at radius 3 is 2.19 bits per heavy atom. The lowest BCUT2D eigenvalue weighted by Crippen LogP contribution is -2.00. The normalized spacial score (nSPS) is 18.0. The van der Waals surface area contributed by atoms with Crippen LogP contribution in [0.15, 0.2) is 66.7 Å². The summed E-state index contributed by atoms with van der Waals surface area (Å²) in [5, 5.41) is 0. The number of rotatable bonds is 5. The molecule has 0 saturated carbocycles. The SMILES string of the molecule is C1=CCC(c2ccc(OPOc3ccccc3)cc2)CC1. The van der Waals surface area contributed by atoms with E-state index in [-0.39, 0.29) is 9.03 Å². The molecule has 0 bridgehead atoms. The molecule has 1 aliphatic rings. The van der Waals surface area contributed by atoms with Gasteiger partial charge in [0.25, 0.3) is 9.03 Å². The summed E-state index contributed by atoms with van der Waals surface area (Å²) in [7, 11) is -0.0210. The Balaban J connectivity index is 1.51. The van der Waals surface area contributed by atoms with Gasteiger partial charge in [-0.25, -0.2) is 0 Å². The minimum Gasteiger partial charge on any atom is -0.441 e. The van der Waals surface area contributed by atoms with Crippen molar-refractivity contribution in [2.24, 2.45) is 0 Å². The standard InChI is InChI=1S/C18H19O2P/c1-3-7-15(8-4-1)16-11-13-18(14-12-16)20-21-19-17-9-5-2-6-10-17/h1-3,5-6,9-15,21H,4,7-8H2. The molecule has 0 radical (unpaired) electrons. The highest BCUT2D eigenvalue weighted by atomic mass is 31.1. The van der Waals surface area contributed by atoms with Crippen molar-refractivity contribution in [1.82, 2.24) is 0 Å². The van der Waals surface area contributed by atoms with E-state index in [0.29, 0.717) is 5.92 Å². The Labute approximate surface area is 127 Å². The smallest absolute Gasteiger partial charge is 0.275 e. The molecule has 108 valence electrons. The number of hydrogen-bond acceptors (Lipinski definition) is 2. The summed E-state index contributed by atoms with van der Waals surface area (Å²) in [6.07, 6.45) is 8.15. The lowest BCUT2D eigenvalue weighted by molar-refractivity contribution is 0.515. The molecular weight excluding hydrogens is 279 g/mol. The third-order valence-corrected chi connectivity index (χ3v) is 4.32. The topological polar surface area (TPSA) is 18.5 Å². The molecule has 2 atom stereocenters. The van der Waals surface area contributed by atoms with Crippen molar-refractivity contribution in [3.63, 3.8) is 0 Å². The molecular formula is C18H19O2P. The molecule has 0 aromatic heterocycles.